The Kier molecular flexibility index (Phi) is 48.1. The molecule has 0 saturated carbocycles. The second-order valence-corrected chi connectivity index (χ2v) is 17.8. The van der Waals surface area contributed by atoms with Gasteiger partial charge in [0, 0.05) is 12.8 Å². The molecule has 0 saturated heterocycles. The van der Waals surface area contributed by atoms with Crippen molar-refractivity contribution in [3.63, 3.8) is 0 Å². The lowest BCUT2D eigenvalue weighted by molar-refractivity contribution is -0.143. The van der Waals surface area contributed by atoms with E-state index in [9.17, 15) is 19.8 Å². The molecular formula is C54H101NO5. The lowest BCUT2D eigenvalue weighted by atomic mass is 10.0. The highest BCUT2D eigenvalue weighted by atomic mass is 16.5. The summed E-state index contributed by atoms with van der Waals surface area (Å²) in [6.45, 7) is 4.87. The van der Waals surface area contributed by atoms with Gasteiger partial charge in [0.2, 0.25) is 5.91 Å². The smallest absolute Gasteiger partial charge is 0.305 e. The number of hydrogen-bond donors (Lipinski definition) is 3. The molecule has 60 heavy (non-hydrogen) atoms. The highest BCUT2D eigenvalue weighted by molar-refractivity contribution is 5.76. The fourth-order valence-corrected chi connectivity index (χ4v) is 7.83. The molecule has 0 aromatic heterocycles. The summed E-state index contributed by atoms with van der Waals surface area (Å²) in [7, 11) is 0. The number of ether oxygens (including phenoxy) is 1. The van der Waals surface area contributed by atoms with Crippen LogP contribution in [0.15, 0.2) is 36.5 Å². The maximum Gasteiger partial charge on any atom is 0.305 e. The van der Waals surface area contributed by atoms with E-state index in [1.54, 1.807) is 0 Å². The Bertz CT molecular complexity index is 977. The third-order valence-corrected chi connectivity index (χ3v) is 11.9. The summed E-state index contributed by atoms with van der Waals surface area (Å²) in [5, 5.41) is 23.1. The highest BCUT2D eigenvalue weighted by Gasteiger charge is 2.20. The molecule has 0 aromatic carbocycles. The standard InChI is InChI=1S/C54H101NO5/c1-3-5-7-9-11-13-14-15-25-28-32-36-40-44-48-54(59)60-49-45-41-37-33-29-26-23-21-19-17-16-18-20-22-24-27-31-35-39-43-47-53(58)55-51(50-56)52(57)46-42-38-34-30-12-10-8-6-4-2/h9,11,14-16,18,51-52,56-57H,3-8,10,12-13,17,19-50H2,1-2H3,(H,55,58)/b11-9-,15-14-,18-16-. The molecule has 3 N–H and O–H groups in total. The van der Waals surface area contributed by atoms with Gasteiger partial charge in [0.15, 0.2) is 0 Å². The number of allylic oxidation sites excluding steroid dienone is 6. The Labute approximate surface area is 373 Å². The van der Waals surface area contributed by atoms with Crippen molar-refractivity contribution in [1.29, 1.82) is 0 Å². The number of esters is 1. The molecule has 1 amide bonds. The Morgan fingerprint density at radius 2 is 0.850 bits per heavy atom. The zero-order valence-corrected chi connectivity index (χ0v) is 39.9. The molecule has 352 valence electrons. The fraction of sp³-hybridized carbons (Fsp3) is 0.852. The van der Waals surface area contributed by atoms with Gasteiger partial charge in [0.25, 0.3) is 0 Å². The molecule has 0 aromatic rings. The molecule has 6 heteroatoms. The number of rotatable bonds is 48. The minimum atomic E-state index is -0.668. The average Bonchev–Trinajstić information content (AvgIpc) is 3.25. The molecule has 0 spiro atoms. The van der Waals surface area contributed by atoms with Crippen molar-refractivity contribution in [1.82, 2.24) is 5.32 Å². The average molecular weight is 844 g/mol. The zero-order chi connectivity index (χ0) is 43.7. The van der Waals surface area contributed by atoms with Crippen LogP contribution < -0.4 is 5.32 Å². The van der Waals surface area contributed by atoms with Crippen molar-refractivity contribution in [2.24, 2.45) is 0 Å². The number of carbonyl (C=O) groups is 2. The van der Waals surface area contributed by atoms with Gasteiger partial charge in [-0.05, 0) is 77.0 Å². The van der Waals surface area contributed by atoms with Crippen LogP contribution in [-0.2, 0) is 14.3 Å². The van der Waals surface area contributed by atoms with Gasteiger partial charge in [-0.15, -0.1) is 0 Å². The Morgan fingerprint density at radius 1 is 0.467 bits per heavy atom. The van der Waals surface area contributed by atoms with Crippen molar-refractivity contribution in [2.45, 2.75) is 283 Å². The number of amides is 1. The largest absolute Gasteiger partial charge is 0.466 e. The van der Waals surface area contributed by atoms with E-state index < -0.39 is 12.1 Å². The molecular weight excluding hydrogens is 743 g/mol. The van der Waals surface area contributed by atoms with Gasteiger partial charge >= 0.3 is 5.97 Å². The normalized spacial score (nSPS) is 12.9. The van der Waals surface area contributed by atoms with E-state index in [2.05, 4.69) is 55.6 Å². The molecule has 6 nitrogen and oxygen atoms in total. The summed E-state index contributed by atoms with van der Waals surface area (Å²) in [6.07, 6.45) is 59.8. The maximum absolute atomic E-state index is 12.4. The summed E-state index contributed by atoms with van der Waals surface area (Å²) in [5.74, 6) is -0.0563. The molecule has 2 atom stereocenters. The fourth-order valence-electron chi connectivity index (χ4n) is 7.83. The quantitative estimate of drug-likeness (QED) is 0.0322. The van der Waals surface area contributed by atoms with Gasteiger partial charge in [-0.25, -0.2) is 0 Å². The monoisotopic (exact) mass is 844 g/mol. The molecule has 0 rings (SSSR count). The first-order chi connectivity index (χ1) is 29.5. The molecule has 0 aliphatic carbocycles. The summed E-state index contributed by atoms with van der Waals surface area (Å²) in [4.78, 5) is 24.4. The molecule has 0 heterocycles. The first-order valence-corrected chi connectivity index (χ1v) is 26.2. The van der Waals surface area contributed by atoms with Crippen LogP contribution in [-0.4, -0.2) is 47.4 Å². The number of nitrogens with one attached hydrogen (secondary N) is 1. The number of unbranched alkanes of at least 4 members (excludes halogenated alkanes) is 31. The first-order valence-electron chi connectivity index (χ1n) is 26.2. The molecule has 0 radical (unpaired) electrons. The number of hydrogen-bond acceptors (Lipinski definition) is 5. The lowest BCUT2D eigenvalue weighted by Crippen LogP contribution is -2.45. The Hall–Kier alpha value is -1.92. The topological polar surface area (TPSA) is 95.9 Å². The van der Waals surface area contributed by atoms with Crippen LogP contribution >= 0.6 is 0 Å². The Morgan fingerprint density at radius 3 is 1.33 bits per heavy atom. The molecule has 2 unspecified atom stereocenters. The van der Waals surface area contributed by atoms with Crippen LogP contribution in [0.1, 0.15) is 271 Å². The summed E-state index contributed by atoms with van der Waals surface area (Å²) >= 11 is 0. The highest BCUT2D eigenvalue weighted by Crippen LogP contribution is 2.15. The Balaban J connectivity index is 3.42. The minimum Gasteiger partial charge on any atom is -0.466 e. The SMILES string of the molecule is CCCC/C=C\C/C=C\CCCCCCCC(=O)OCCCCCCCCCCC/C=C\CCCCCCCCCC(=O)NC(CO)C(O)CCCCCCCCCCC. The van der Waals surface area contributed by atoms with Crippen LogP contribution in [0, 0.1) is 0 Å². The van der Waals surface area contributed by atoms with Gasteiger partial charge in [-0.2, -0.15) is 0 Å². The van der Waals surface area contributed by atoms with Crippen molar-refractivity contribution >= 4 is 11.9 Å². The summed E-state index contributed by atoms with van der Waals surface area (Å²) in [5.41, 5.74) is 0. The summed E-state index contributed by atoms with van der Waals surface area (Å²) < 4.78 is 5.46. The number of aliphatic hydroxyl groups is 2. The van der Waals surface area contributed by atoms with Crippen molar-refractivity contribution in [2.75, 3.05) is 13.2 Å². The second kappa shape index (κ2) is 49.7. The zero-order valence-electron chi connectivity index (χ0n) is 39.9. The lowest BCUT2D eigenvalue weighted by Gasteiger charge is -2.22. The van der Waals surface area contributed by atoms with Gasteiger partial charge in [-0.3, -0.25) is 9.59 Å². The van der Waals surface area contributed by atoms with Crippen molar-refractivity contribution < 1.29 is 24.5 Å². The molecule has 0 bridgehead atoms. The minimum absolute atomic E-state index is 0.00915. The van der Waals surface area contributed by atoms with E-state index >= 15 is 0 Å². The molecule has 0 aliphatic rings. The van der Waals surface area contributed by atoms with E-state index in [-0.39, 0.29) is 18.5 Å². The predicted octanol–water partition coefficient (Wildman–Crippen LogP) is 15.7. The van der Waals surface area contributed by atoms with Crippen LogP contribution in [0.4, 0.5) is 0 Å². The van der Waals surface area contributed by atoms with Gasteiger partial charge in [0.05, 0.1) is 25.4 Å². The van der Waals surface area contributed by atoms with E-state index in [1.807, 2.05) is 0 Å². The van der Waals surface area contributed by atoms with E-state index in [0.717, 1.165) is 51.4 Å². The van der Waals surface area contributed by atoms with Gasteiger partial charge < -0.3 is 20.3 Å². The van der Waals surface area contributed by atoms with E-state index in [0.29, 0.717) is 25.9 Å². The van der Waals surface area contributed by atoms with Crippen molar-refractivity contribution in [3.8, 4) is 0 Å². The third-order valence-electron chi connectivity index (χ3n) is 11.9. The molecule has 0 fully saturated rings. The third kappa shape index (κ3) is 45.6. The number of aliphatic hydroxyl groups excluding tert-OH is 2. The van der Waals surface area contributed by atoms with Gasteiger partial charge in [0.1, 0.15) is 0 Å². The van der Waals surface area contributed by atoms with Crippen molar-refractivity contribution in [3.05, 3.63) is 36.5 Å². The first kappa shape index (κ1) is 58.1. The molecule has 0 aliphatic heterocycles. The van der Waals surface area contributed by atoms with Crippen LogP contribution in [0.3, 0.4) is 0 Å². The van der Waals surface area contributed by atoms with Gasteiger partial charge in [-0.1, -0.05) is 217 Å². The van der Waals surface area contributed by atoms with E-state index in [1.165, 1.54) is 186 Å². The maximum atomic E-state index is 12.4. The number of carbonyl (C=O) groups excluding carboxylic acids is 2. The second-order valence-electron chi connectivity index (χ2n) is 17.8. The summed E-state index contributed by atoms with van der Waals surface area (Å²) in [6, 6.07) is -0.546. The predicted molar refractivity (Wildman–Crippen MR) is 259 cm³/mol. The van der Waals surface area contributed by atoms with E-state index in [4.69, 9.17) is 4.74 Å². The van der Waals surface area contributed by atoms with Crippen LogP contribution in [0.5, 0.6) is 0 Å². The van der Waals surface area contributed by atoms with Crippen LogP contribution in [0.2, 0.25) is 0 Å². The van der Waals surface area contributed by atoms with Crippen LogP contribution in [0.25, 0.3) is 0 Å².